The number of para-hydroxylation sites is 2. The number of fused-ring (bicyclic) bond motifs is 1. The molecule has 0 bridgehead atoms. The van der Waals surface area contributed by atoms with E-state index in [9.17, 15) is 13.5 Å². The molecule has 0 radical (unpaired) electrons. The molecule has 0 aliphatic heterocycles. The lowest BCUT2D eigenvalue weighted by Gasteiger charge is -2.25. The van der Waals surface area contributed by atoms with Gasteiger partial charge in [0.25, 0.3) is 10.0 Å². The SMILES string of the molecule is CN(CCOc1ccccc1)Cc1ccc(N(CCO)S(=O)(=O)c2cccc3cccnc23)cc1. The fraction of sp³-hybridized carbons (Fsp3) is 0.222. The van der Waals surface area contributed by atoms with E-state index in [2.05, 4.69) is 9.88 Å². The summed E-state index contributed by atoms with van der Waals surface area (Å²) in [6.07, 6.45) is 1.58. The van der Waals surface area contributed by atoms with E-state index >= 15 is 0 Å². The summed E-state index contributed by atoms with van der Waals surface area (Å²) in [6, 6.07) is 25.7. The van der Waals surface area contributed by atoms with Gasteiger partial charge in [-0.25, -0.2) is 8.42 Å². The standard InChI is InChI=1S/C27H29N3O4S/c1-29(18-20-34-25-9-3-2-4-10-25)21-22-12-14-24(15-13-22)30(17-19-31)35(32,33)26-11-5-7-23-8-6-16-28-27(23)26/h2-16,31H,17-21H2,1H3. The molecule has 0 saturated carbocycles. The van der Waals surface area contributed by atoms with Crippen LogP contribution in [0.3, 0.4) is 0 Å². The summed E-state index contributed by atoms with van der Waals surface area (Å²) in [5.74, 6) is 0.844. The number of hydrogen-bond acceptors (Lipinski definition) is 6. The number of rotatable bonds is 11. The van der Waals surface area contributed by atoms with Crippen molar-refractivity contribution in [3.63, 3.8) is 0 Å². The number of benzene rings is 3. The van der Waals surface area contributed by atoms with Crippen molar-refractivity contribution in [1.82, 2.24) is 9.88 Å². The number of nitrogens with zero attached hydrogens (tertiary/aromatic N) is 3. The van der Waals surface area contributed by atoms with E-state index in [1.165, 1.54) is 4.31 Å². The smallest absolute Gasteiger partial charge is 0.266 e. The normalized spacial score (nSPS) is 11.6. The molecule has 0 amide bonds. The molecule has 4 rings (SSSR count). The number of hydrogen-bond donors (Lipinski definition) is 1. The first-order valence-electron chi connectivity index (χ1n) is 11.4. The first-order chi connectivity index (χ1) is 17.0. The van der Waals surface area contributed by atoms with Crippen molar-refractivity contribution in [3.8, 4) is 5.75 Å². The minimum atomic E-state index is -3.93. The lowest BCUT2D eigenvalue weighted by Crippen LogP contribution is -2.33. The summed E-state index contributed by atoms with van der Waals surface area (Å²) < 4.78 is 34.2. The van der Waals surface area contributed by atoms with Crippen LogP contribution in [-0.4, -0.2) is 56.8 Å². The first kappa shape index (κ1) is 24.7. The minimum absolute atomic E-state index is 0.0539. The predicted octanol–water partition coefficient (Wildman–Crippen LogP) is 3.93. The van der Waals surface area contributed by atoms with Gasteiger partial charge in [0.15, 0.2) is 0 Å². The summed E-state index contributed by atoms with van der Waals surface area (Å²) in [6.45, 7) is 1.65. The van der Waals surface area contributed by atoms with Gasteiger partial charge in [-0.2, -0.15) is 0 Å². The highest BCUT2D eigenvalue weighted by molar-refractivity contribution is 7.93. The van der Waals surface area contributed by atoms with Gasteiger partial charge in [-0.3, -0.25) is 14.2 Å². The molecule has 1 aromatic heterocycles. The third-order valence-electron chi connectivity index (χ3n) is 5.63. The van der Waals surface area contributed by atoms with E-state index in [1.54, 1.807) is 36.5 Å². The van der Waals surface area contributed by atoms with Crippen LogP contribution in [0.4, 0.5) is 5.69 Å². The Morgan fingerprint density at radius 2 is 1.63 bits per heavy atom. The number of ether oxygens (including phenoxy) is 1. The summed E-state index contributed by atoms with van der Waals surface area (Å²) in [5.41, 5.74) is 1.95. The maximum absolute atomic E-state index is 13.6. The average Bonchev–Trinajstić information content (AvgIpc) is 2.88. The van der Waals surface area contributed by atoms with Gasteiger partial charge < -0.3 is 9.84 Å². The number of aliphatic hydroxyl groups excluding tert-OH is 1. The van der Waals surface area contributed by atoms with E-state index in [1.807, 2.05) is 61.6 Å². The fourth-order valence-corrected chi connectivity index (χ4v) is 5.50. The van der Waals surface area contributed by atoms with E-state index in [0.29, 0.717) is 24.4 Å². The van der Waals surface area contributed by atoms with Gasteiger partial charge in [0.05, 0.1) is 24.4 Å². The summed E-state index contributed by atoms with van der Waals surface area (Å²) in [4.78, 5) is 6.55. The summed E-state index contributed by atoms with van der Waals surface area (Å²) in [7, 11) is -1.92. The van der Waals surface area contributed by atoms with Gasteiger partial charge in [0.1, 0.15) is 17.3 Å². The van der Waals surface area contributed by atoms with Gasteiger partial charge in [-0.15, -0.1) is 0 Å². The Labute approximate surface area is 206 Å². The van der Waals surface area contributed by atoms with E-state index in [-0.39, 0.29) is 18.0 Å². The van der Waals surface area contributed by atoms with Crippen molar-refractivity contribution in [1.29, 1.82) is 0 Å². The molecule has 0 aliphatic carbocycles. The maximum atomic E-state index is 13.6. The molecule has 7 nitrogen and oxygen atoms in total. The van der Waals surface area contributed by atoms with Crippen LogP contribution in [0.2, 0.25) is 0 Å². The Bertz CT molecular complexity index is 1340. The van der Waals surface area contributed by atoms with Crippen molar-refractivity contribution >= 4 is 26.6 Å². The molecular weight excluding hydrogens is 462 g/mol. The Hall–Kier alpha value is -3.46. The van der Waals surface area contributed by atoms with Crippen molar-refractivity contribution in [2.45, 2.75) is 11.4 Å². The molecule has 35 heavy (non-hydrogen) atoms. The minimum Gasteiger partial charge on any atom is -0.492 e. The van der Waals surface area contributed by atoms with Gasteiger partial charge in [0.2, 0.25) is 0 Å². The zero-order valence-corrected chi connectivity index (χ0v) is 20.4. The second-order valence-electron chi connectivity index (χ2n) is 8.20. The highest BCUT2D eigenvalue weighted by Crippen LogP contribution is 2.28. The number of likely N-dealkylation sites (N-methyl/N-ethyl adjacent to an activating group) is 1. The zero-order valence-electron chi connectivity index (χ0n) is 19.6. The molecular formula is C27H29N3O4S. The van der Waals surface area contributed by atoms with Gasteiger partial charge >= 0.3 is 0 Å². The van der Waals surface area contributed by atoms with Gasteiger partial charge in [-0.05, 0) is 49.0 Å². The van der Waals surface area contributed by atoms with Gasteiger partial charge in [-0.1, -0.05) is 48.5 Å². The monoisotopic (exact) mass is 491 g/mol. The molecule has 8 heteroatoms. The molecule has 3 aromatic carbocycles. The molecule has 0 unspecified atom stereocenters. The van der Waals surface area contributed by atoms with Crippen molar-refractivity contribution in [2.24, 2.45) is 0 Å². The van der Waals surface area contributed by atoms with Crippen LogP contribution in [0.15, 0.2) is 96.0 Å². The van der Waals surface area contributed by atoms with Crippen LogP contribution in [0.5, 0.6) is 5.75 Å². The number of anilines is 1. The fourth-order valence-electron chi connectivity index (χ4n) is 3.88. The Morgan fingerprint density at radius 1 is 0.886 bits per heavy atom. The van der Waals surface area contributed by atoms with Crippen LogP contribution >= 0.6 is 0 Å². The second-order valence-corrected chi connectivity index (χ2v) is 10.0. The molecule has 0 fully saturated rings. The van der Waals surface area contributed by atoms with Gasteiger partial charge in [0, 0.05) is 24.7 Å². The van der Waals surface area contributed by atoms with Crippen molar-refractivity contribution < 1.29 is 18.3 Å². The van der Waals surface area contributed by atoms with Crippen LogP contribution in [0, 0.1) is 0 Å². The third-order valence-corrected chi connectivity index (χ3v) is 7.49. The van der Waals surface area contributed by atoms with E-state index in [4.69, 9.17) is 4.74 Å². The summed E-state index contributed by atoms with van der Waals surface area (Å²) >= 11 is 0. The molecule has 0 spiro atoms. The van der Waals surface area contributed by atoms with Crippen LogP contribution < -0.4 is 9.04 Å². The highest BCUT2D eigenvalue weighted by Gasteiger charge is 2.27. The first-order valence-corrected chi connectivity index (χ1v) is 12.9. The van der Waals surface area contributed by atoms with Crippen LogP contribution in [0.1, 0.15) is 5.56 Å². The topological polar surface area (TPSA) is 83.0 Å². The second kappa shape index (κ2) is 11.3. The lowest BCUT2D eigenvalue weighted by molar-refractivity contribution is 0.233. The Kier molecular flexibility index (Phi) is 7.97. The molecule has 1 heterocycles. The lowest BCUT2D eigenvalue weighted by atomic mass is 10.2. The molecule has 1 N–H and O–H groups in total. The molecule has 0 aliphatic rings. The quantitative estimate of drug-likeness (QED) is 0.342. The average molecular weight is 492 g/mol. The molecule has 4 aromatic rings. The highest BCUT2D eigenvalue weighted by atomic mass is 32.2. The number of aromatic nitrogens is 1. The van der Waals surface area contributed by atoms with E-state index in [0.717, 1.165) is 23.2 Å². The molecule has 182 valence electrons. The number of aliphatic hydroxyl groups is 1. The van der Waals surface area contributed by atoms with Crippen LogP contribution in [0.25, 0.3) is 10.9 Å². The Balaban J connectivity index is 1.46. The van der Waals surface area contributed by atoms with Crippen LogP contribution in [-0.2, 0) is 16.6 Å². The predicted molar refractivity (Wildman–Crippen MR) is 138 cm³/mol. The number of sulfonamides is 1. The zero-order chi connectivity index (χ0) is 24.7. The maximum Gasteiger partial charge on any atom is 0.266 e. The van der Waals surface area contributed by atoms with Crippen molar-refractivity contribution in [2.75, 3.05) is 37.7 Å². The van der Waals surface area contributed by atoms with Crippen molar-refractivity contribution in [3.05, 3.63) is 96.7 Å². The summed E-state index contributed by atoms with van der Waals surface area (Å²) in [5, 5.41) is 10.4. The Morgan fingerprint density at radius 3 is 2.37 bits per heavy atom. The largest absolute Gasteiger partial charge is 0.492 e. The molecule has 0 atom stereocenters. The third kappa shape index (κ3) is 5.97. The van der Waals surface area contributed by atoms with E-state index < -0.39 is 10.0 Å². The number of pyridine rings is 1. The molecule has 0 saturated heterocycles.